The average Bonchev–Trinajstić information content (AvgIpc) is 2.52. The minimum absolute atomic E-state index is 0.421. The molecule has 0 spiro atoms. The molecule has 1 aromatic carbocycles. The molecular formula is C18H27O3. The van der Waals surface area contributed by atoms with E-state index in [2.05, 4.69) is 13.8 Å². The lowest BCUT2D eigenvalue weighted by atomic mass is 10.1. The smallest absolute Gasteiger partial charge is 0.293 e. The molecule has 0 aromatic heterocycles. The van der Waals surface area contributed by atoms with Gasteiger partial charge in [-0.25, -0.2) is 4.79 Å². The Morgan fingerprint density at radius 1 is 1.05 bits per heavy atom. The summed E-state index contributed by atoms with van der Waals surface area (Å²) in [4.78, 5) is 21.5. The van der Waals surface area contributed by atoms with E-state index >= 15 is 0 Å². The second-order valence-corrected chi connectivity index (χ2v) is 5.26. The lowest BCUT2D eigenvalue weighted by molar-refractivity contribution is -0.241. The number of aryl methyl sites for hydroxylation is 1. The van der Waals surface area contributed by atoms with Gasteiger partial charge in [0.2, 0.25) is 0 Å². The van der Waals surface area contributed by atoms with Crippen LogP contribution in [-0.2, 0) is 16.2 Å². The van der Waals surface area contributed by atoms with E-state index < -0.39 is 5.97 Å². The van der Waals surface area contributed by atoms with E-state index in [1.54, 1.807) is 12.1 Å². The zero-order chi connectivity index (χ0) is 15.3. The molecular weight excluding hydrogens is 264 g/mol. The van der Waals surface area contributed by atoms with Crippen LogP contribution in [0.25, 0.3) is 0 Å². The standard InChI is InChI=1S/C18H27O3/c1-3-5-7-8-9-15-20-21-18(19)17-13-11-16(12-14-17)10-6-4-2/h11-14H,1,3-10,15H2,2H3. The van der Waals surface area contributed by atoms with Gasteiger partial charge in [-0.3, -0.25) is 4.89 Å². The Labute approximate surface area is 128 Å². The average molecular weight is 291 g/mol. The van der Waals surface area contributed by atoms with Crippen molar-refractivity contribution in [1.82, 2.24) is 0 Å². The predicted octanol–water partition coefficient (Wildman–Crippen LogP) is 4.90. The van der Waals surface area contributed by atoms with E-state index in [0.29, 0.717) is 12.2 Å². The molecule has 0 bridgehead atoms. The largest absolute Gasteiger partial charge is 0.373 e. The van der Waals surface area contributed by atoms with Gasteiger partial charge in [-0.1, -0.05) is 58.1 Å². The minimum Gasteiger partial charge on any atom is -0.293 e. The quantitative estimate of drug-likeness (QED) is 0.330. The van der Waals surface area contributed by atoms with Crippen LogP contribution in [0.4, 0.5) is 0 Å². The van der Waals surface area contributed by atoms with Gasteiger partial charge in [0.05, 0.1) is 12.2 Å². The molecule has 0 amide bonds. The minimum atomic E-state index is -0.421. The molecule has 0 atom stereocenters. The molecule has 0 aliphatic heterocycles. The van der Waals surface area contributed by atoms with Gasteiger partial charge < -0.3 is 0 Å². The number of rotatable bonds is 11. The molecule has 3 nitrogen and oxygen atoms in total. The molecule has 1 aromatic rings. The predicted molar refractivity (Wildman–Crippen MR) is 84.9 cm³/mol. The van der Waals surface area contributed by atoms with Crippen LogP contribution in [0.5, 0.6) is 0 Å². The van der Waals surface area contributed by atoms with Crippen LogP contribution in [0, 0.1) is 6.92 Å². The number of benzene rings is 1. The molecule has 1 radical (unpaired) electrons. The number of carbonyl (C=O) groups is 1. The monoisotopic (exact) mass is 291 g/mol. The van der Waals surface area contributed by atoms with E-state index in [4.69, 9.17) is 9.78 Å². The molecule has 0 aliphatic carbocycles. The summed E-state index contributed by atoms with van der Waals surface area (Å²) < 4.78 is 0. The summed E-state index contributed by atoms with van der Waals surface area (Å²) in [5.41, 5.74) is 1.78. The topological polar surface area (TPSA) is 35.5 Å². The fourth-order valence-electron chi connectivity index (χ4n) is 2.02. The third kappa shape index (κ3) is 7.86. The highest BCUT2D eigenvalue weighted by Gasteiger charge is 2.08. The van der Waals surface area contributed by atoms with E-state index in [-0.39, 0.29) is 0 Å². The molecule has 0 saturated heterocycles. The summed E-state index contributed by atoms with van der Waals surface area (Å²) in [7, 11) is 0. The van der Waals surface area contributed by atoms with Crippen molar-refractivity contribution in [3.05, 3.63) is 42.3 Å². The fraction of sp³-hybridized carbons (Fsp3) is 0.556. The summed E-state index contributed by atoms with van der Waals surface area (Å²) in [6.07, 6.45) is 8.65. The van der Waals surface area contributed by atoms with E-state index in [1.165, 1.54) is 18.4 Å². The Kier molecular flexibility index (Phi) is 9.55. The van der Waals surface area contributed by atoms with Crippen LogP contribution in [0.2, 0.25) is 0 Å². The summed E-state index contributed by atoms with van der Waals surface area (Å²) in [5, 5.41) is 0. The Bertz CT molecular complexity index is 384. The van der Waals surface area contributed by atoms with Gasteiger partial charge >= 0.3 is 5.97 Å². The highest BCUT2D eigenvalue weighted by atomic mass is 17.2. The van der Waals surface area contributed by atoms with E-state index in [9.17, 15) is 4.79 Å². The maximum Gasteiger partial charge on any atom is 0.373 e. The van der Waals surface area contributed by atoms with Crippen LogP contribution < -0.4 is 0 Å². The Balaban J connectivity index is 2.19. The number of hydrogen-bond donors (Lipinski definition) is 0. The van der Waals surface area contributed by atoms with Crippen molar-refractivity contribution in [2.24, 2.45) is 0 Å². The van der Waals surface area contributed by atoms with Gasteiger partial charge in [0, 0.05) is 0 Å². The van der Waals surface area contributed by atoms with Crippen LogP contribution in [0.1, 0.15) is 67.8 Å². The highest BCUT2D eigenvalue weighted by Crippen LogP contribution is 2.09. The molecule has 0 heterocycles. The summed E-state index contributed by atoms with van der Waals surface area (Å²) >= 11 is 0. The van der Waals surface area contributed by atoms with Crippen LogP contribution >= 0.6 is 0 Å². The van der Waals surface area contributed by atoms with Gasteiger partial charge in [0.15, 0.2) is 0 Å². The molecule has 21 heavy (non-hydrogen) atoms. The lowest BCUT2D eigenvalue weighted by Crippen LogP contribution is -2.07. The second kappa shape index (κ2) is 11.3. The first-order valence-electron chi connectivity index (χ1n) is 8.00. The third-order valence-electron chi connectivity index (χ3n) is 3.37. The zero-order valence-electron chi connectivity index (χ0n) is 13.1. The summed E-state index contributed by atoms with van der Waals surface area (Å²) in [6.45, 7) is 6.42. The van der Waals surface area contributed by atoms with Gasteiger partial charge in [0.1, 0.15) is 0 Å². The third-order valence-corrected chi connectivity index (χ3v) is 3.37. The highest BCUT2D eigenvalue weighted by molar-refractivity contribution is 5.88. The van der Waals surface area contributed by atoms with Crippen LogP contribution in [0.3, 0.4) is 0 Å². The van der Waals surface area contributed by atoms with Crippen molar-refractivity contribution < 1.29 is 14.6 Å². The summed E-state index contributed by atoms with van der Waals surface area (Å²) in [6, 6.07) is 7.55. The van der Waals surface area contributed by atoms with Crippen molar-refractivity contribution >= 4 is 5.97 Å². The van der Waals surface area contributed by atoms with Crippen LogP contribution in [0.15, 0.2) is 24.3 Å². The maximum atomic E-state index is 11.7. The number of carbonyl (C=O) groups excluding carboxylic acids is 1. The Hall–Kier alpha value is -1.35. The van der Waals surface area contributed by atoms with Gasteiger partial charge in [0.25, 0.3) is 0 Å². The molecule has 0 fully saturated rings. The molecule has 0 N–H and O–H groups in total. The first-order valence-corrected chi connectivity index (χ1v) is 8.00. The first-order chi connectivity index (χ1) is 10.3. The Morgan fingerprint density at radius 3 is 2.43 bits per heavy atom. The normalized spacial score (nSPS) is 10.6. The first kappa shape index (κ1) is 17.7. The lowest BCUT2D eigenvalue weighted by Gasteiger charge is -2.05. The summed E-state index contributed by atoms with van der Waals surface area (Å²) in [5.74, 6) is -0.421. The van der Waals surface area contributed by atoms with E-state index in [1.807, 2.05) is 12.1 Å². The molecule has 0 aliphatic rings. The number of unbranched alkanes of at least 4 members (excludes halogenated alkanes) is 5. The zero-order valence-corrected chi connectivity index (χ0v) is 13.1. The van der Waals surface area contributed by atoms with Crippen molar-refractivity contribution in [1.29, 1.82) is 0 Å². The van der Waals surface area contributed by atoms with E-state index in [0.717, 1.165) is 38.5 Å². The molecule has 117 valence electrons. The maximum absolute atomic E-state index is 11.7. The Morgan fingerprint density at radius 2 is 1.76 bits per heavy atom. The van der Waals surface area contributed by atoms with Gasteiger partial charge in [-0.2, -0.15) is 4.89 Å². The van der Waals surface area contributed by atoms with Crippen molar-refractivity contribution in [3.63, 3.8) is 0 Å². The molecule has 1 rings (SSSR count). The second-order valence-electron chi connectivity index (χ2n) is 5.26. The van der Waals surface area contributed by atoms with Gasteiger partial charge in [-0.05, 0) is 37.0 Å². The van der Waals surface area contributed by atoms with Crippen molar-refractivity contribution in [3.8, 4) is 0 Å². The van der Waals surface area contributed by atoms with Crippen molar-refractivity contribution in [2.45, 2.75) is 58.3 Å². The SMILES string of the molecule is [CH2]CCCCCCOOC(=O)c1ccc(CCCC)cc1. The molecule has 0 unspecified atom stereocenters. The van der Waals surface area contributed by atoms with Crippen LogP contribution in [-0.4, -0.2) is 12.6 Å². The van der Waals surface area contributed by atoms with Gasteiger partial charge in [-0.15, -0.1) is 0 Å². The molecule has 3 heteroatoms. The number of hydrogen-bond acceptors (Lipinski definition) is 3. The van der Waals surface area contributed by atoms with Crippen molar-refractivity contribution in [2.75, 3.05) is 6.61 Å². The molecule has 0 saturated carbocycles. The fourth-order valence-corrected chi connectivity index (χ4v) is 2.02.